The lowest BCUT2D eigenvalue weighted by Gasteiger charge is -2.34. The third-order valence-electron chi connectivity index (χ3n) is 3.24. The Morgan fingerprint density at radius 1 is 1.33 bits per heavy atom. The van der Waals surface area contributed by atoms with Crippen LogP contribution in [0.25, 0.3) is 0 Å². The zero-order valence-electron chi connectivity index (χ0n) is 11.0. The first-order valence-corrected chi connectivity index (χ1v) is 7.95. The Morgan fingerprint density at radius 3 is 2.71 bits per heavy atom. The molecule has 1 aliphatic rings. The summed E-state index contributed by atoms with van der Waals surface area (Å²) >= 11 is 3.07. The van der Waals surface area contributed by atoms with Gasteiger partial charge in [-0.2, -0.15) is 0 Å². The number of aromatic nitrogens is 1. The fourth-order valence-electron chi connectivity index (χ4n) is 2.26. The van der Waals surface area contributed by atoms with Crippen molar-refractivity contribution in [3.63, 3.8) is 0 Å². The summed E-state index contributed by atoms with van der Waals surface area (Å²) in [5.41, 5.74) is 9.60. The van der Waals surface area contributed by atoms with Crippen molar-refractivity contribution >= 4 is 47.0 Å². The zero-order valence-corrected chi connectivity index (χ0v) is 13.5. The van der Waals surface area contributed by atoms with E-state index in [1.54, 1.807) is 16.8 Å². The van der Waals surface area contributed by atoms with Gasteiger partial charge in [0, 0.05) is 11.1 Å². The van der Waals surface area contributed by atoms with Gasteiger partial charge in [0.25, 0.3) is 0 Å². The number of thioether (sulfide) groups is 1. The van der Waals surface area contributed by atoms with Crippen molar-refractivity contribution in [1.29, 1.82) is 5.41 Å². The van der Waals surface area contributed by atoms with Crippen molar-refractivity contribution in [2.45, 2.75) is 10.8 Å². The van der Waals surface area contributed by atoms with Crippen LogP contribution in [0, 0.1) is 5.41 Å². The number of para-hydroxylation sites is 1. The Morgan fingerprint density at radius 2 is 2.10 bits per heavy atom. The Labute approximate surface area is 137 Å². The van der Waals surface area contributed by atoms with Gasteiger partial charge in [0.2, 0.25) is 0 Å². The molecule has 1 aliphatic heterocycles. The monoisotopic (exact) mass is 338 g/mol. The average Bonchev–Trinajstić information content (AvgIpc) is 3.08. The Hall–Kier alpha value is -1.50. The highest BCUT2D eigenvalue weighted by Crippen LogP contribution is 2.46. The van der Waals surface area contributed by atoms with Gasteiger partial charge in [-0.05, 0) is 17.5 Å². The standard InChI is InChI=1S/C14H14N4S2.ClH/c15-13(16)14(18-10-4-2-1-3-5-10)11(6-7-20-14)12-8-19-9-17-12;/h1-9,11,18H,(H3,15,16);1H. The number of nitrogens with two attached hydrogens (primary N) is 1. The minimum Gasteiger partial charge on any atom is -0.385 e. The molecule has 0 bridgehead atoms. The Balaban J connectivity index is 0.00000161. The van der Waals surface area contributed by atoms with E-state index in [9.17, 15) is 0 Å². The fraction of sp³-hybridized carbons (Fsp3) is 0.143. The van der Waals surface area contributed by atoms with Crippen molar-refractivity contribution in [2.75, 3.05) is 5.32 Å². The first-order chi connectivity index (χ1) is 9.72. The second-order valence-corrected chi connectivity index (χ2v) is 6.35. The summed E-state index contributed by atoms with van der Waals surface area (Å²) in [6, 6.07) is 9.83. The molecule has 0 radical (unpaired) electrons. The molecule has 0 saturated heterocycles. The predicted octanol–water partition coefficient (Wildman–Crippen LogP) is 3.65. The average molecular weight is 339 g/mol. The smallest absolute Gasteiger partial charge is 0.157 e. The summed E-state index contributed by atoms with van der Waals surface area (Å²) in [6.45, 7) is 0. The molecular weight excluding hydrogens is 324 g/mol. The van der Waals surface area contributed by atoms with Crippen LogP contribution in [0.15, 0.2) is 52.7 Å². The van der Waals surface area contributed by atoms with Crippen LogP contribution in [0.2, 0.25) is 0 Å². The van der Waals surface area contributed by atoms with E-state index in [0.717, 1.165) is 11.4 Å². The van der Waals surface area contributed by atoms with Crippen LogP contribution >= 0.6 is 35.5 Å². The van der Waals surface area contributed by atoms with Crippen molar-refractivity contribution in [1.82, 2.24) is 4.98 Å². The molecule has 0 amide bonds. The topological polar surface area (TPSA) is 74.8 Å². The number of nitrogens with one attached hydrogen (secondary N) is 2. The summed E-state index contributed by atoms with van der Waals surface area (Å²) in [5, 5.41) is 15.5. The maximum absolute atomic E-state index is 8.05. The fourth-order valence-corrected chi connectivity index (χ4v) is 3.95. The van der Waals surface area contributed by atoms with Crippen LogP contribution in [0.1, 0.15) is 11.6 Å². The van der Waals surface area contributed by atoms with Crippen molar-refractivity contribution in [3.8, 4) is 0 Å². The summed E-state index contributed by atoms with van der Waals surface area (Å²) < 4.78 is 0. The minimum absolute atomic E-state index is 0. The molecule has 2 aromatic rings. The SMILES string of the molecule is Cl.N=C(N)C1(Nc2ccccc2)SC=CC1c1cscn1. The first kappa shape index (κ1) is 15.9. The van der Waals surface area contributed by atoms with Gasteiger partial charge in [-0.25, -0.2) is 4.98 Å². The molecule has 0 fully saturated rings. The third kappa shape index (κ3) is 2.92. The van der Waals surface area contributed by atoms with Gasteiger partial charge >= 0.3 is 0 Å². The highest BCUT2D eigenvalue weighted by atomic mass is 35.5. The molecule has 2 unspecified atom stereocenters. The quantitative estimate of drug-likeness (QED) is 0.587. The van der Waals surface area contributed by atoms with E-state index in [4.69, 9.17) is 11.1 Å². The van der Waals surface area contributed by atoms with Crippen LogP contribution in [-0.2, 0) is 0 Å². The highest BCUT2D eigenvalue weighted by Gasteiger charge is 2.46. The number of benzene rings is 1. The lowest BCUT2D eigenvalue weighted by atomic mass is 9.95. The number of rotatable bonds is 4. The number of amidine groups is 1. The summed E-state index contributed by atoms with van der Waals surface area (Å²) in [6.07, 6.45) is 2.05. The largest absolute Gasteiger partial charge is 0.385 e. The molecule has 4 nitrogen and oxygen atoms in total. The van der Waals surface area contributed by atoms with Crippen molar-refractivity contribution < 1.29 is 0 Å². The molecule has 0 aliphatic carbocycles. The van der Waals surface area contributed by atoms with Crippen molar-refractivity contribution in [2.24, 2.45) is 5.73 Å². The highest BCUT2D eigenvalue weighted by molar-refractivity contribution is 8.04. The number of thiazole rings is 1. The number of halogens is 1. The van der Waals surface area contributed by atoms with Crippen LogP contribution in [0.5, 0.6) is 0 Å². The second kappa shape index (κ2) is 6.51. The zero-order chi connectivity index (χ0) is 14.0. The molecule has 21 heavy (non-hydrogen) atoms. The number of hydrogen-bond acceptors (Lipinski definition) is 5. The maximum Gasteiger partial charge on any atom is 0.157 e. The second-order valence-electron chi connectivity index (χ2n) is 4.48. The molecule has 1 aromatic heterocycles. The molecule has 2 heterocycles. The van der Waals surface area contributed by atoms with Crippen molar-refractivity contribution in [3.05, 3.63) is 58.4 Å². The van der Waals surface area contributed by atoms with E-state index < -0.39 is 4.87 Å². The van der Waals surface area contributed by atoms with E-state index >= 15 is 0 Å². The lowest BCUT2D eigenvalue weighted by Crippen LogP contribution is -2.49. The molecule has 4 N–H and O–H groups in total. The first-order valence-electron chi connectivity index (χ1n) is 6.13. The molecule has 7 heteroatoms. The van der Waals surface area contributed by atoms with Gasteiger partial charge in [0.1, 0.15) is 5.84 Å². The number of nitrogens with zero attached hydrogens (tertiary/aromatic N) is 1. The van der Waals surface area contributed by atoms with Gasteiger partial charge in [-0.1, -0.05) is 36.0 Å². The van der Waals surface area contributed by atoms with Gasteiger partial charge in [0.15, 0.2) is 4.87 Å². The van der Waals surface area contributed by atoms with Crippen LogP contribution < -0.4 is 11.1 Å². The Bertz CT molecular complexity index is 630. The third-order valence-corrected chi connectivity index (χ3v) is 5.08. The van der Waals surface area contributed by atoms with E-state index in [0.29, 0.717) is 0 Å². The van der Waals surface area contributed by atoms with Gasteiger partial charge in [0.05, 0.1) is 17.1 Å². The number of hydrogen-bond donors (Lipinski definition) is 3. The normalized spacial score (nSPS) is 23.5. The summed E-state index contributed by atoms with van der Waals surface area (Å²) in [7, 11) is 0. The maximum atomic E-state index is 8.05. The molecule has 0 spiro atoms. The minimum atomic E-state index is -0.699. The van der Waals surface area contributed by atoms with Gasteiger partial charge in [-0.3, -0.25) is 5.41 Å². The molecular formula is C14H15ClN4S2. The predicted molar refractivity (Wildman–Crippen MR) is 93.5 cm³/mol. The molecule has 1 aromatic carbocycles. The van der Waals surface area contributed by atoms with E-state index in [-0.39, 0.29) is 24.2 Å². The Kier molecular flexibility index (Phi) is 4.92. The summed E-state index contributed by atoms with van der Waals surface area (Å²) in [4.78, 5) is 3.68. The van der Waals surface area contributed by atoms with Crippen LogP contribution in [0.3, 0.4) is 0 Å². The number of anilines is 1. The summed E-state index contributed by atoms with van der Waals surface area (Å²) in [5.74, 6) is 0.0609. The van der Waals surface area contributed by atoms with Crippen LogP contribution in [0.4, 0.5) is 5.69 Å². The molecule has 3 rings (SSSR count). The van der Waals surface area contributed by atoms with E-state index in [1.807, 2.05) is 41.1 Å². The van der Waals surface area contributed by atoms with Gasteiger partial charge < -0.3 is 11.1 Å². The van der Waals surface area contributed by atoms with Crippen LogP contribution in [-0.4, -0.2) is 15.7 Å². The van der Waals surface area contributed by atoms with E-state index in [1.165, 1.54) is 11.8 Å². The van der Waals surface area contributed by atoms with E-state index in [2.05, 4.69) is 16.4 Å². The molecule has 110 valence electrons. The molecule has 0 saturated carbocycles. The lowest BCUT2D eigenvalue weighted by molar-refractivity contribution is 0.729. The molecule has 2 atom stereocenters. The van der Waals surface area contributed by atoms with Gasteiger partial charge in [-0.15, -0.1) is 23.7 Å².